The minimum atomic E-state index is -0.214. The molecule has 0 saturated heterocycles. The second kappa shape index (κ2) is 8.92. The zero-order chi connectivity index (χ0) is 20.1. The van der Waals surface area contributed by atoms with E-state index in [4.69, 9.17) is 4.74 Å². The van der Waals surface area contributed by atoms with Crippen molar-refractivity contribution in [3.05, 3.63) is 102 Å². The fourth-order valence-electron chi connectivity index (χ4n) is 2.86. The molecule has 0 radical (unpaired) electrons. The summed E-state index contributed by atoms with van der Waals surface area (Å²) in [4.78, 5) is 0. The number of hydrogen-bond acceptors (Lipinski definition) is 4. The Morgan fingerprint density at radius 2 is 1.62 bits per heavy atom. The highest BCUT2D eigenvalue weighted by Gasteiger charge is 2.16. The van der Waals surface area contributed by atoms with Gasteiger partial charge in [-0.2, -0.15) is 0 Å². The zero-order valence-corrected chi connectivity index (χ0v) is 16.8. The van der Waals surface area contributed by atoms with Gasteiger partial charge in [-0.05, 0) is 42.8 Å². The maximum absolute atomic E-state index is 14.0. The Kier molecular flexibility index (Phi) is 5.91. The number of thioether (sulfide) groups is 1. The number of aryl methyl sites for hydroxylation is 1. The lowest BCUT2D eigenvalue weighted by Crippen LogP contribution is -2.06. The standard InChI is InChI=1S/C23H20FN3OS/c1-17-11-13-20(14-12-17)28-15-22-25-26-23(27(22)19-8-3-2-4-9-19)29-16-18-7-5-6-10-21(18)24/h2-14H,15-16H2,1H3. The van der Waals surface area contributed by atoms with Crippen LogP contribution in [0.5, 0.6) is 5.75 Å². The quantitative estimate of drug-likeness (QED) is 0.376. The van der Waals surface area contributed by atoms with E-state index in [9.17, 15) is 4.39 Å². The molecule has 0 fully saturated rings. The van der Waals surface area contributed by atoms with Gasteiger partial charge in [0.25, 0.3) is 0 Å². The van der Waals surface area contributed by atoms with Crippen molar-refractivity contribution >= 4 is 11.8 Å². The Morgan fingerprint density at radius 3 is 2.38 bits per heavy atom. The van der Waals surface area contributed by atoms with Crippen LogP contribution in [0.1, 0.15) is 17.0 Å². The summed E-state index contributed by atoms with van der Waals surface area (Å²) in [7, 11) is 0. The minimum Gasteiger partial charge on any atom is -0.486 e. The molecule has 0 aliphatic carbocycles. The van der Waals surface area contributed by atoms with Crippen molar-refractivity contribution in [3.8, 4) is 11.4 Å². The van der Waals surface area contributed by atoms with Crippen molar-refractivity contribution in [3.63, 3.8) is 0 Å². The van der Waals surface area contributed by atoms with Crippen LogP contribution in [0.15, 0.2) is 84.0 Å². The molecule has 0 spiro atoms. The molecule has 0 aliphatic heterocycles. The van der Waals surface area contributed by atoms with Gasteiger partial charge in [0, 0.05) is 11.4 Å². The zero-order valence-electron chi connectivity index (χ0n) is 16.0. The number of nitrogens with zero attached hydrogens (tertiary/aromatic N) is 3. The highest BCUT2D eigenvalue weighted by Crippen LogP contribution is 2.26. The molecule has 0 unspecified atom stereocenters. The summed E-state index contributed by atoms with van der Waals surface area (Å²) in [6.07, 6.45) is 0. The molecule has 0 amide bonds. The predicted octanol–water partition coefficient (Wildman–Crippen LogP) is 5.59. The number of halogens is 1. The molecule has 1 aromatic heterocycles. The van der Waals surface area contributed by atoms with Gasteiger partial charge < -0.3 is 4.74 Å². The second-order valence-electron chi connectivity index (χ2n) is 6.55. The van der Waals surface area contributed by atoms with E-state index in [0.717, 1.165) is 11.4 Å². The number of aromatic nitrogens is 3. The molecule has 0 bridgehead atoms. The summed E-state index contributed by atoms with van der Waals surface area (Å²) in [5.74, 6) is 1.72. The number of ether oxygens (including phenoxy) is 1. The Hall–Kier alpha value is -3.12. The molecule has 6 heteroatoms. The molecular formula is C23H20FN3OS. The van der Waals surface area contributed by atoms with Crippen LogP contribution in [0.4, 0.5) is 4.39 Å². The highest BCUT2D eigenvalue weighted by atomic mass is 32.2. The van der Waals surface area contributed by atoms with Gasteiger partial charge in [-0.25, -0.2) is 4.39 Å². The number of benzene rings is 3. The monoisotopic (exact) mass is 405 g/mol. The van der Waals surface area contributed by atoms with Gasteiger partial charge in [0.05, 0.1) is 0 Å². The normalized spacial score (nSPS) is 10.8. The first-order valence-electron chi connectivity index (χ1n) is 9.26. The van der Waals surface area contributed by atoms with Crippen LogP contribution in [0.3, 0.4) is 0 Å². The summed E-state index contributed by atoms with van der Waals surface area (Å²) in [6.45, 7) is 2.32. The molecule has 4 rings (SSSR count). The van der Waals surface area contributed by atoms with Gasteiger partial charge >= 0.3 is 0 Å². The Labute approximate surface area is 173 Å². The maximum Gasteiger partial charge on any atom is 0.196 e. The van der Waals surface area contributed by atoms with E-state index in [0.29, 0.717) is 22.3 Å². The SMILES string of the molecule is Cc1ccc(OCc2nnc(SCc3ccccc3F)n2-c2ccccc2)cc1. The second-order valence-corrected chi connectivity index (χ2v) is 7.49. The molecule has 0 atom stereocenters. The van der Waals surface area contributed by atoms with E-state index in [2.05, 4.69) is 10.2 Å². The van der Waals surface area contributed by atoms with Gasteiger partial charge in [0.15, 0.2) is 11.0 Å². The summed E-state index contributed by atoms with van der Waals surface area (Å²) < 4.78 is 21.9. The van der Waals surface area contributed by atoms with Crippen LogP contribution < -0.4 is 4.74 Å². The molecule has 29 heavy (non-hydrogen) atoms. The first-order valence-corrected chi connectivity index (χ1v) is 10.2. The average Bonchev–Trinajstić information content (AvgIpc) is 3.16. The number of para-hydroxylation sites is 1. The third-order valence-electron chi connectivity index (χ3n) is 4.42. The molecular weight excluding hydrogens is 385 g/mol. The largest absolute Gasteiger partial charge is 0.486 e. The summed E-state index contributed by atoms with van der Waals surface area (Å²) in [5, 5.41) is 9.37. The van der Waals surface area contributed by atoms with Gasteiger partial charge in [-0.1, -0.05) is 65.9 Å². The molecule has 1 heterocycles. The average molecular weight is 405 g/mol. The maximum atomic E-state index is 14.0. The van der Waals surface area contributed by atoms with Crippen molar-refractivity contribution in [2.24, 2.45) is 0 Å². The van der Waals surface area contributed by atoms with Gasteiger partial charge in [-0.3, -0.25) is 4.57 Å². The van der Waals surface area contributed by atoms with Gasteiger partial charge in [0.1, 0.15) is 18.2 Å². The van der Waals surface area contributed by atoms with Crippen LogP contribution in [0.2, 0.25) is 0 Å². The molecule has 0 N–H and O–H groups in total. The van der Waals surface area contributed by atoms with Crippen molar-refractivity contribution in [1.29, 1.82) is 0 Å². The van der Waals surface area contributed by atoms with E-state index in [1.54, 1.807) is 12.1 Å². The summed E-state index contributed by atoms with van der Waals surface area (Å²) in [5.41, 5.74) is 2.75. The minimum absolute atomic E-state index is 0.214. The topological polar surface area (TPSA) is 39.9 Å². The van der Waals surface area contributed by atoms with E-state index < -0.39 is 0 Å². The number of rotatable bonds is 7. The third kappa shape index (κ3) is 4.66. The molecule has 0 saturated carbocycles. The van der Waals surface area contributed by atoms with Crippen LogP contribution in [0.25, 0.3) is 5.69 Å². The Bertz CT molecular complexity index is 1080. The van der Waals surface area contributed by atoms with Crippen molar-refractivity contribution < 1.29 is 9.13 Å². The van der Waals surface area contributed by atoms with Gasteiger partial charge in [0.2, 0.25) is 0 Å². The van der Waals surface area contributed by atoms with Crippen LogP contribution in [-0.2, 0) is 12.4 Å². The van der Waals surface area contributed by atoms with E-state index in [-0.39, 0.29) is 12.4 Å². The molecule has 3 aromatic carbocycles. The Morgan fingerprint density at radius 1 is 0.897 bits per heavy atom. The summed E-state index contributed by atoms with van der Waals surface area (Å²) >= 11 is 1.45. The predicted molar refractivity (Wildman–Crippen MR) is 113 cm³/mol. The molecule has 4 aromatic rings. The van der Waals surface area contributed by atoms with Crippen molar-refractivity contribution in [2.45, 2.75) is 24.4 Å². The van der Waals surface area contributed by atoms with Crippen LogP contribution >= 0.6 is 11.8 Å². The lowest BCUT2D eigenvalue weighted by atomic mass is 10.2. The van der Waals surface area contributed by atoms with Crippen molar-refractivity contribution in [1.82, 2.24) is 14.8 Å². The lowest BCUT2D eigenvalue weighted by Gasteiger charge is -2.11. The summed E-state index contributed by atoms with van der Waals surface area (Å²) in [6, 6.07) is 24.5. The molecule has 146 valence electrons. The smallest absolute Gasteiger partial charge is 0.196 e. The van der Waals surface area contributed by atoms with Crippen LogP contribution in [-0.4, -0.2) is 14.8 Å². The Balaban J connectivity index is 1.58. The first kappa shape index (κ1) is 19.2. The van der Waals surface area contributed by atoms with E-state index in [1.165, 1.54) is 23.4 Å². The molecule has 4 nitrogen and oxygen atoms in total. The van der Waals surface area contributed by atoms with Crippen LogP contribution in [0, 0.1) is 12.7 Å². The van der Waals surface area contributed by atoms with E-state index in [1.807, 2.05) is 72.2 Å². The molecule has 0 aliphatic rings. The first-order chi connectivity index (χ1) is 14.2. The highest BCUT2D eigenvalue weighted by molar-refractivity contribution is 7.98. The third-order valence-corrected chi connectivity index (χ3v) is 5.40. The fourth-order valence-corrected chi connectivity index (χ4v) is 3.82. The van der Waals surface area contributed by atoms with Gasteiger partial charge in [-0.15, -0.1) is 10.2 Å². The van der Waals surface area contributed by atoms with Crippen molar-refractivity contribution in [2.75, 3.05) is 0 Å². The lowest BCUT2D eigenvalue weighted by molar-refractivity contribution is 0.292. The fraction of sp³-hybridized carbons (Fsp3) is 0.130. The number of hydrogen-bond donors (Lipinski definition) is 0. The van der Waals surface area contributed by atoms with E-state index >= 15 is 0 Å².